The van der Waals surface area contributed by atoms with Crippen LogP contribution in [0.25, 0.3) is 0 Å². The molecule has 0 unspecified atom stereocenters. The molecule has 1 amide bonds. The first kappa shape index (κ1) is 18.4. The Morgan fingerprint density at radius 3 is 2.65 bits per heavy atom. The van der Waals surface area contributed by atoms with Gasteiger partial charge in [-0.1, -0.05) is 18.2 Å². The highest BCUT2D eigenvalue weighted by Crippen LogP contribution is 2.20. The fourth-order valence-electron chi connectivity index (χ4n) is 3.04. The minimum absolute atomic E-state index is 0.147. The average Bonchev–Trinajstić information content (AvgIpc) is 2.66. The second-order valence-electron chi connectivity index (χ2n) is 6.56. The highest BCUT2D eigenvalue weighted by molar-refractivity contribution is 6.05. The lowest BCUT2D eigenvalue weighted by Gasteiger charge is -2.26. The van der Waals surface area contributed by atoms with Gasteiger partial charge in [-0.25, -0.2) is 0 Å². The summed E-state index contributed by atoms with van der Waals surface area (Å²) in [4.78, 5) is 19.2. The van der Waals surface area contributed by atoms with Crippen LogP contribution in [0, 0.1) is 13.8 Å². The number of amides is 1. The lowest BCUT2D eigenvalue weighted by atomic mass is 10.1. The number of aromatic nitrogens is 1. The molecule has 1 fully saturated rings. The third-order valence-corrected chi connectivity index (χ3v) is 4.58. The molecule has 1 aliphatic rings. The van der Waals surface area contributed by atoms with Gasteiger partial charge in [0.25, 0.3) is 5.91 Å². The van der Waals surface area contributed by atoms with Crippen LogP contribution in [-0.2, 0) is 4.74 Å². The van der Waals surface area contributed by atoms with Crippen LogP contribution in [0.2, 0.25) is 0 Å². The fourth-order valence-corrected chi connectivity index (χ4v) is 3.04. The number of anilines is 2. The molecule has 1 aromatic heterocycles. The number of carbonyl (C=O) groups excluding carboxylic acids is 1. The summed E-state index contributed by atoms with van der Waals surface area (Å²) in [5.41, 5.74) is 4.36. The molecule has 0 saturated carbocycles. The maximum Gasteiger partial charge on any atom is 0.257 e. The molecule has 6 nitrogen and oxygen atoms in total. The second kappa shape index (κ2) is 8.78. The quantitative estimate of drug-likeness (QED) is 0.835. The number of carbonyl (C=O) groups is 1. The smallest absolute Gasteiger partial charge is 0.257 e. The maximum absolute atomic E-state index is 12.6. The van der Waals surface area contributed by atoms with Gasteiger partial charge < -0.3 is 15.4 Å². The highest BCUT2D eigenvalue weighted by atomic mass is 16.5. The number of morpholine rings is 1. The van der Waals surface area contributed by atoms with Crippen molar-refractivity contribution in [1.29, 1.82) is 0 Å². The topological polar surface area (TPSA) is 66.5 Å². The van der Waals surface area contributed by atoms with Crippen molar-refractivity contribution in [2.75, 3.05) is 50.0 Å². The third-order valence-electron chi connectivity index (χ3n) is 4.58. The van der Waals surface area contributed by atoms with Crippen molar-refractivity contribution in [3.63, 3.8) is 0 Å². The molecule has 1 aliphatic heterocycles. The number of rotatable bonds is 6. The van der Waals surface area contributed by atoms with E-state index in [4.69, 9.17) is 4.74 Å². The molecule has 1 saturated heterocycles. The summed E-state index contributed by atoms with van der Waals surface area (Å²) in [5, 5.41) is 6.35. The predicted molar refractivity (Wildman–Crippen MR) is 104 cm³/mol. The first-order valence-corrected chi connectivity index (χ1v) is 9.00. The SMILES string of the molecule is Cc1cccc(C)c1NC(=O)c1cncc(NCCN2CCOCC2)c1. The van der Waals surface area contributed by atoms with Gasteiger partial charge in [0.05, 0.1) is 24.5 Å². The van der Waals surface area contributed by atoms with Crippen molar-refractivity contribution in [3.8, 4) is 0 Å². The van der Waals surface area contributed by atoms with Crippen LogP contribution in [-0.4, -0.2) is 55.2 Å². The summed E-state index contributed by atoms with van der Waals surface area (Å²) in [6, 6.07) is 7.81. The van der Waals surface area contributed by atoms with E-state index < -0.39 is 0 Å². The van der Waals surface area contributed by atoms with E-state index in [9.17, 15) is 4.79 Å². The average molecular weight is 354 g/mol. The molecule has 26 heavy (non-hydrogen) atoms. The van der Waals surface area contributed by atoms with Gasteiger partial charge in [0, 0.05) is 44.3 Å². The minimum Gasteiger partial charge on any atom is -0.382 e. The van der Waals surface area contributed by atoms with E-state index in [0.717, 1.165) is 61.9 Å². The van der Waals surface area contributed by atoms with Crippen molar-refractivity contribution < 1.29 is 9.53 Å². The molecule has 138 valence electrons. The molecule has 0 radical (unpaired) electrons. The zero-order valence-corrected chi connectivity index (χ0v) is 15.4. The molecule has 2 heterocycles. The number of para-hydroxylation sites is 1. The molecule has 1 aromatic carbocycles. The van der Waals surface area contributed by atoms with E-state index in [0.29, 0.717) is 5.56 Å². The number of ether oxygens (including phenoxy) is 1. The standard InChI is InChI=1S/C20H26N4O2/c1-15-4-3-5-16(2)19(15)23-20(25)17-12-18(14-21-13-17)22-6-7-24-8-10-26-11-9-24/h3-5,12-14,22H,6-11H2,1-2H3,(H,23,25). The summed E-state index contributed by atoms with van der Waals surface area (Å²) in [6.45, 7) is 9.28. The Morgan fingerprint density at radius 1 is 1.19 bits per heavy atom. The fraction of sp³-hybridized carbons (Fsp3) is 0.400. The molecule has 0 aliphatic carbocycles. The molecule has 0 bridgehead atoms. The van der Waals surface area contributed by atoms with Crippen molar-refractivity contribution >= 4 is 17.3 Å². The van der Waals surface area contributed by atoms with Gasteiger partial charge in [-0.2, -0.15) is 0 Å². The zero-order valence-electron chi connectivity index (χ0n) is 15.4. The molecule has 6 heteroatoms. The van der Waals surface area contributed by atoms with Crippen molar-refractivity contribution in [1.82, 2.24) is 9.88 Å². The Labute approximate surface area is 154 Å². The largest absolute Gasteiger partial charge is 0.382 e. The summed E-state index contributed by atoms with van der Waals surface area (Å²) >= 11 is 0. The molecule has 3 rings (SSSR count). The Bertz CT molecular complexity index is 737. The number of pyridine rings is 1. The molecule has 0 spiro atoms. The minimum atomic E-state index is -0.147. The van der Waals surface area contributed by atoms with Gasteiger partial charge in [0.2, 0.25) is 0 Å². The molecular weight excluding hydrogens is 328 g/mol. The Kier molecular flexibility index (Phi) is 6.20. The van der Waals surface area contributed by atoms with Gasteiger partial charge in [-0.3, -0.25) is 14.7 Å². The van der Waals surface area contributed by atoms with E-state index in [1.807, 2.05) is 38.1 Å². The lowest BCUT2D eigenvalue weighted by Crippen LogP contribution is -2.39. The summed E-state index contributed by atoms with van der Waals surface area (Å²) in [6.07, 6.45) is 3.34. The van der Waals surface area contributed by atoms with Crippen LogP contribution in [0.3, 0.4) is 0 Å². The Morgan fingerprint density at radius 2 is 1.92 bits per heavy atom. The lowest BCUT2D eigenvalue weighted by molar-refractivity contribution is 0.0398. The van der Waals surface area contributed by atoms with Crippen molar-refractivity contribution in [3.05, 3.63) is 53.3 Å². The highest BCUT2D eigenvalue weighted by Gasteiger charge is 2.12. The number of nitrogens with one attached hydrogen (secondary N) is 2. The van der Waals surface area contributed by atoms with Crippen LogP contribution < -0.4 is 10.6 Å². The van der Waals surface area contributed by atoms with Gasteiger partial charge >= 0.3 is 0 Å². The van der Waals surface area contributed by atoms with Crippen LogP contribution in [0.4, 0.5) is 11.4 Å². The monoisotopic (exact) mass is 354 g/mol. The van der Waals surface area contributed by atoms with E-state index in [2.05, 4.69) is 20.5 Å². The van der Waals surface area contributed by atoms with Crippen molar-refractivity contribution in [2.45, 2.75) is 13.8 Å². The Balaban J connectivity index is 1.58. The zero-order chi connectivity index (χ0) is 18.4. The third kappa shape index (κ3) is 4.80. The van der Waals surface area contributed by atoms with Crippen LogP contribution in [0.15, 0.2) is 36.7 Å². The Hall–Kier alpha value is -2.44. The second-order valence-corrected chi connectivity index (χ2v) is 6.56. The van der Waals surface area contributed by atoms with E-state index in [1.54, 1.807) is 12.4 Å². The van der Waals surface area contributed by atoms with Crippen LogP contribution >= 0.6 is 0 Å². The number of nitrogens with zero attached hydrogens (tertiary/aromatic N) is 2. The molecule has 2 aromatic rings. The summed E-state index contributed by atoms with van der Waals surface area (Å²) in [7, 11) is 0. The molecule has 2 N–H and O–H groups in total. The van der Waals surface area contributed by atoms with Gasteiger partial charge in [0.15, 0.2) is 0 Å². The summed E-state index contributed by atoms with van der Waals surface area (Å²) < 4.78 is 5.36. The van der Waals surface area contributed by atoms with Gasteiger partial charge in [-0.05, 0) is 31.0 Å². The molecular formula is C20H26N4O2. The van der Waals surface area contributed by atoms with Gasteiger partial charge in [-0.15, -0.1) is 0 Å². The van der Waals surface area contributed by atoms with Crippen LogP contribution in [0.5, 0.6) is 0 Å². The normalized spacial score (nSPS) is 14.8. The van der Waals surface area contributed by atoms with E-state index in [-0.39, 0.29) is 5.91 Å². The van der Waals surface area contributed by atoms with Crippen LogP contribution in [0.1, 0.15) is 21.5 Å². The van der Waals surface area contributed by atoms with E-state index in [1.165, 1.54) is 0 Å². The number of hydrogen-bond donors (Lipinski definition) is 2. The number of hydrogen-bond acceptors (Lipinski definition) is 5. The maximum atomic E-state index is 12.6. The van der Waals surface area contributed by atoms with Crippen molar-refractivity contribution in [2.24, 2.45) is 0 Å². The van der Waals surface area contributed by atoms with Gasteiger partial charge in [0.1, 0.15) is 0 Å². The molecule has 0 atom stereocenters. The van der Waals surface area contributed by atoms with E-state index >= 15 is 0 Å². The number of aryl methyl sites for hydroxylation is 2. The predicted octanol–water partition coefficient (Wildman–Crippen LogP) is 2.69. The number of benzene rings is 1. The summed E-state index contributed by atoms with van der Waals surface area (Å²) in [5.74, 6) is -0.147. The first-order chi connectivity index (χ1) is 12.6. The first-order valence-electron chi connectivity index (χ1n) is 9.00.